The summed E-state index contributed by atoms with van der Waals surface area (Å²) in [6, 6.07) is 0. The van der Waals surface area contributed by atoms with E-state index in [-0.39, 0.29) is 39.6 Å². The normalized spacial score (nSPS) is 32.6. The molecule has 3 aliphatic heterocycles. The second-order valence-electron chi connectivity index (χ2n) is 7.49. The van der Waals surface area contributed by atoms with Crippen molar-refractivity contribution < 1.29 is 56.8 Å². The molecule has 0 aliphatic carbocycles. The molecule has 3 fully saturated rings. The van der Waals surface area contributed by atoms with Crippen LogP contribution in [-0.4, -0.2) is 131 Å². The standard InChI is InChI=1S/C22H42O12/c1-21-29-15-9-23-3-6-26-12-18-32-22(2,33-19-13-27-7-4-24-10-16-30-21)34-20-14-28-8-5-25-11-17-31-21/h3-20H2,1-2H3. The Morgan fingerprint density at radius 1 is 0.265 bits per heavy atom. The second-order valence-corrected chi connectivity index (χ2v) is 7.49. The van der Waals surface area contributed by atoms with Gasteiger partial charge in [0.05, 0.1) is 119 Å². The van der Waals surface area contributed by atoms with Gasteiger partial charge in [-0.3, -0.25) is 0 Å². The Morgan fingerprint density at radius 3 is 0.588 bits per heavy atom. The summed E-state index contributed by atoms with van der Waals surface area (Å²) >= 11 is 0. The largest absolute Gasteiger partial charge is 0.377 e. The Kier molecular flexibility index (Phi) is 16.4. The lowest BCUT2D eigenvalue weighted by atomic mass is 10.5. The predicted molar refractivity (Wildman–Crippen MR) is 117 cm³/mol. The van der Waals surface area contributed by atoms with Crippen LogP contribution < -0.4 is 0 Å². The SMILES string of the molecule is CC12OCCOCCOCCOC(C)(OCCOCCOCCO1)OCCOCCOCCO2. The molecule has 2 bridgehead atoms. The minimum atomic E-state index is -1.24. The average Bonchev–Trinajstić information content (AvgIpc) is 2.82. The summed E-state index contributed by atoms with van der Waals surface area (Å²) in [7, 11) is 0. The number of rotatable bonds is 0. The molecule has 0 saturated carbocycles. The van der Waals surface area contributed by atoms with Gasteiger partial charge in [0.15, 0.2) is 0 Å². The summed E-state index contributed by atoms with van der Waals surface area (Å²) in [5.41, 5.74) is 0. The van der Waals surface area contributed by atoms with E-state index in [1.54, 1.807) is 13.8 Å². The fourth-order valence-corrected chi connectivity index (χ4v) is 2.93. The maximum Gasteiger partial charge on any atom is 0.280 e. The van der Waals surface area contributed by atoms with Gasteiger partial charge in [-0.25, -0.2) is 0 Å². The van der Waals surface area contributed by atoms with Gasteiger partial charge in [-0.1, -0.05) is 0 Å². The van der Waals surface area contributed by atoms with Gasteiger partial charge in [-0.05, 0) is 0 Å². The first kappa shape index (κ1) is 29.7. The Balaban J connectivity index is 1.96. The van der Waals surface area contributed by atoms with Crippen LogP contribution in [0.1, 0.15) is 13.8 Å². The maximum atomic E-state index is 5.80. The van der Waals surface area contributed by atoms with Gasteiger partial charge in [0.2, 0.25) is 0 Å². The van der Waals surface area contributed by atoms with Gasteiger partial charge in [0.1, 0.15) is 0 Å². The van der Waals surface area contributed by atoms with Crippen LogP contribution in [0.3, 0.4) is 0 Å². The maximum absolute atomic E-state index is 5.80. The monoisotopic (exact) mass is 498 g/mol. The van der Waals surface area contributed by atoms with Gasteiger partial charge < -0.3 is 56.8 Å². The van der Waals surface area contributed by atoms with Crippen molar-refractivity contribution in [2.75, 3.05) is 119 Å². The molecule has 0 N–H and O–H groups in total. The number of fused-ring (bicyclic) bond motifs is 27. The molecular weight excluding hydrogens is 456 g/mol. The highest BCUT2D eigenvalue weighted by molar-refractivity contribution is 4.52. The third kappa shape index (κ3) is 14.8. The van der Waals surface area contributed by atoms with Gasteiger partial charge >= 0.3 is 0 Å². The highest BCUT2D eigenvalue weighted by Crippen LogP contribution is 2.16. The first-order chi connectivity index (χ1) is 16.6. The Morgan fingerprint density at radius 2 is 0.412 bits per heavy atom. The van der Waals surface area contributed by atoms with Crippen LogP contribution in [0.25, 0.3) is 0 Å². The first-order valence-corrected chi connectivity index (χ1v) is 11.9. The Bertz CT molecular complexity index is 376. The van der Waals surface area contributed by atoms with Crippen molar-refractivity contribution in [3.8, 4) is 0 Å². The van der Waals surface area contributed by atoms with E-state index < -0.39 is 11.9 Å². The van der Waals surface area contributed by atoms with Crippen LogP contribution in [-0.2, 0) is 56.8 Å². The fraction of sp³-hybridized carbons (Fsp3) is 1.00. The third-order valence-electron chi connectivity index (χ3n) is 4.67. The summed E-state index contributed by atoms with van der Waals surface area (Å²) in [4.78, 5) is 0. The summed E-state index contributed by atoms with van der Waals surface area (Å²) in [6.07, 6.45) is 0. The molecule has 0 aromatic rings. The molecule has 3 aliphatic rings. The fourth-order valence-electron chi connectivity index (χ4n) is 2.93. The molecular formula is C22H42O12. The van der Waals surface area contributed by atoms with Crippen molar-refractivity contribution in [1.29, 1.82) is 0 Å². The highest BCUT2D eigenvalue weighted by atomic mass is 16.9. The highest BCUT2D eigenvalue weighted by Gasteiger charge is 2.28. The Hall–Kier alpha value is -0.480. The van der Waals surface area contributed by atoms with Crippen molar-refractivity contribution in [2.24, 2.45) is 0 Å². The Labute approximate surface area is 202 Å². The molecule has 34 heavy (non-hydrogen) atoms. The molecule has 12 heteroatoms. The summed E-state index contributed by atoms with van der Waals surface area (Å²) in [6.45, 7) is 9.86. The zero-order valence-electron chi connectivity index (χ0n) is 20.6. The summed E-state index contributed by atoms with van der Waals surface area (Å²) in [5, 5.41) is 0. The molecule has 0 radical (unpaired) electrons. The average molecular weight is 499 g/mol. The number of ether oxygens (including phenoxy) is 12. The smallest absolute Gasteiger partial charge is 0.280 e. The van der Waals surface area contributed by atoms with Gasteiger partial charge in [-0.2, -0.15) is 0 Å². The summed E-state index contributed by atoms with van der Waals surface area (Å²) < 4.78 is 68.1. The zero-order chi connectivity index (χ0) is 24.2. The molecule has 0 aromatic carbocycles. The van der Waals surface area contributed by atoms with E-state index in [1.807, 2.05) is 0 Å². The van der Waals surface area contributed by atoms with E-state index in [0.717, 1.165) is 0 Å². The van der Waals surface area contributed by atoms with E-state index >= 15 is 0 Å². The quantitative estimate of drug-likeness (QED) is 0.435. The van der Waals surface area contributed by atoms with Crippen LogP contribution in [0.5, 0.6) is 0 Å². The molecule has 0 amide bonds. The third-order valence-corrected chi connectivity index (χ3v) is 4.67. The van der Waals surface area contributed by atoms with Crippen molar-refractivity contribution in [3.05, 3.63) is 0 Å². The van der Waals surface area contributed by atoms with Gasteiger partial charge in [0, 0.05) is 13.8 Å². The predicted octanol–water partition coefficient (Wildman–Crippen LogP) is 0.560. The van der Waals surface area contributed by atoms with Gasteiger partial charge in [-0.15, -0.1) is 0 Å². The molecule has 0 aromatic heterocycles. The minimum Gasteiger partial charge on any atom is -0.377 e. The van der Waals surface area contributed by atoms with E-state index in [9.17, 15) is 0 Å². The topological polar surface area (TPSA) is 111 Å². The second kappa shape index (κ2) is 18.7. The molecule has 3 rings (SSSR count). The first-order valence-electron chi connectivity index (χ1n) is 11.9. The van der Waals surface area contributed by atoms with Crippen molar-refractivity contribution in [3.63, 3.8) is 0 Å². The molecule has 0 unspecified atom stereocenters. The number of hydrogen-bond donors (Lipinski definition) is 0. The lowest BCUT2D eigenvalue weighted by Crippen LogP contribution is -2.39. The van der Waals surface area contributed by atoms with Gasteiger partial charge in [0.25, 0.3) is 11.9 Å². The number of hydrogen-bond acceptors (Lipinski definition) is 12. The van der Waals surface area contributed by atoms with Crippen molar-refractivity contribution in [2.45, 2.75) is 25.8 Å². The zero-order valence-corrected chi connectivity index (χ0v) is 20.6. The molecule has 12 nitrogen and oxygen atoms in total. The van der Waals surface area contributed by atoms with Crippen molar-refractivity contribution in [1.82, 2.24) is 0 Å². The van der Waals surface area contributed by atoms with E-state index in [4.69, 9.17) is 56.8 Å². The lowest BCUT2D eigenvalue weighted by Gasteiger charge is -2.30. The van der Waals surface area contributed by atoms with E-state index in [1.165, 1.54) is 0 Å². The van der Waals surface area contributed by atoms with Crippen LogP contribution >= 0.6 is 0 Å². The van der Waals surface area contributed by atoms with Crippen LogP contribution in [0, 0.1) is 0 Å². The molecule has 3 heterocycles. The summed E-state index contributed by atoms with van der Waals surface area (Å²) in [5.74, 6) is -2.49. The molecule has 3 saturated heterocycles. The van der Waals surface area contributed by atoms with Crippen LogP contribution in [0.2, 0.25) is 0 Å². The van der Waals surface area contributed by atoms with E-state index in [0.29, 0.717) is 79.3 Å². The minimum absolute atomic E-state index is 0.288. The van der Waals surface area contributed by atoms with E-state index in [2.05, 4.69) is 0 Å². The van der Waals surface area contributed by atoms with Crippen molar-refractivity contribution >= 4 is 0 Å². The van der Waals surface area contributed by atoms with Crippen LogP contribution in [0.4, 0.5) is 0 Å². The molecule has 0 spiro atoms. The molecule has 202 valence electrons. The molecule has 0 atom stereocenters. The van der Waals surface area contributed by atoms with Crippen LogP contribution in [0.15, 0.2) is 0 Å². The lowest BCUT2D eigenvalue weighted by molar-refractivity contribution is -0.376.